The number of aryl methyl sites for hydroxylation is 2. The molecule has 0 N–H and O–H groups in total. The summed E-state index contributed by atoms with van der Waals surface area (Å²) >= 11 is 0. The van der Waals surface area contributed by atoms with Gasteiger partial charge in [0, 0.05) is 18.5 Å². The molecule has 0 aliphatic heterocycles. The van der Waals surface area contributed by atoms with Gasteiger partial charge >= 0.3 is 5.97 Å². The number of furan rings is 1. The number of hydrogen-bond donors (Lipinski definition) is 0. The third kappa shape index (κ3) is 2.74. The van der Waals surface area contributed by atoms with Crippen molar-refractivity contribution < 1.29 is 18.5 Å². The Morgan fingerprint density at radius 2 is 2.13 bits per heavy atom. The zero-order valence-electron chi connectivity index (χ0n) is 12.6. The van der Waals surface area contributed by atoms with E-state index in [4.69, 9.17) is 13.7 Å². The summed E-state index contributed by atoms with van der Waals surface area (Å²) in [5, 5.41) is 13.1. The Kier molecular flexibility index (Phi) is 3.73. The molecule has 3 aromatic rings. The van der Waals surface area contributed by atoms with E-state index in [1.54, 1.807) is 49.0 Å². The van der Waals surface area contributed by atoms with Crippen LogP contribution in [-0.4, -0.2) is 15.7 Å². The number of hydrogen-bond acceptors (Lipinski definition) is 6. The molecular formula is C16H13N3O4. The van der Waals surface area contributed by atoms with E-state index in [0.29, 0.717) is 23.1 Å². The van der Waals surface area contributed by atoms with Gasteiger partial charge in [-0.05, 0) is 26.0 Å². The van der Waals surface area contributed by atoms with Crippen molar-refractivity contribution in [2.75, 3.05) is 0 Å². The summed E-state index contributed by atoms with van der Waals surface area (Å²) < 4.78 is 17.3. The molecule has 0 atom stereocenters. The topological polar surface area (TPSA) is 94.2 Å². The smallest absolute Gasteiger partial charge is 0.343 e. The van der Waals surface area contributed by atoms with Crippen molar-refractivity contribution in [2.45, 2.75) is 20.5 Å². The van der Waals surface area contributed by atoms with E-state index in [0.717, 1.165) is 0 Å². The van der Waals surface area contributed by atoms with Gasteiger partial charge in [0.15, 0.2) is 0 Å². The minimum Gasteiger partial charge on any atom is -0.455 e. The molecule has 0 aromatic carbocycles. The molecule has 0 aliphatic rings. The maximum atomic E-state index is 12.3. The van der Waals surface area contributed by atoms with Gasteiger partial charge in [-0.25, -0.2) is 4.79 Å². The lowest BCUT2D eigenvalue weighted by molar-refractivity contribution is 0.0462. The molecule has 0 unspecified atom stereocenters. The molecule has 0 fully saturated rings. The Balaban J connectivity index is 1.87. The number of esters is 1. The molecule has 0 bridgehead atoms. The van der Waals surface area contributed by atoms with Gasteiger partial charge in [0.2, 0.25) is 5.88 Å². The normalized spacial score (nSPS) is 10.5. The Labute approximate surface area is 131 Å². The lowest BCUT2D eigenvalue weighted by Crippen LogP contribution is -2.08. The summed E-state index contributed by atoms with van der Waals surface area (Å²) in [5.41, 5.74) is 0.762. The van der Waals surface area contributed by atoms with E-state index < -0.39 is 5.97 Å². The summed E-state index contributed by atoms with van der Waals surface area (Å²) in [5.74, 6) is 0.607. The van der Waals surface area contributed by atoms with Gasteiger partial charge in [-0.15, -0.1) is 0 Å². The Bertz CT molecular complexity index is 881. The van der Waals surface area contributed by atoms with E-state index in [2.05, 4.69) is 5.16 Å². The van der Waals surface area contributed by atoms with Gasteiger partial charge in [0.25, 0.3) is 0 Å². The van der Waals surface area contributed by atoms with E-state index in [1.807, 2.05) is 6.07 Å². The Hall–Kier alpha value is -3.27. The summed E-state index contributed by atoms with van der Waals surface area (Å²) in [4.78, 5) is 12.3. The van der Waals surface area contributed by atoms with Crippen molar-refractivity contribution in [3.05, 3.63) is 58.9 Å². The van der Waals surface area contributed by atoms with Crippen molar-refractivity contribution in [2.24, 2.45) is 0 Å². The summed E-state index contributed by atoms with van der Waals surface area (Å²) in [6.45, 7) is 3.32. The zero-order valence-corrected chi connectivity index (χ0v) is 12.6. The summed E-state index contributed by atoms with van der Waals surface area (Å²) in [7, 11) is 0. The molecule has 7 heteroatoms. The minimum absolute atomic E-state index is 0.0372. The first-order valence-electron chi connectivity index (χ1n) is 6.86. The van der Waals surface area contributed by atoms with E-state index >= 15 is 0 Å². The second kappa shape index (κ2) is 5.85. The molecule has 0 saturated carbocycles. The number of ether oxygens (including phenoxy) is 1. The van der Waals surface area contributed by atoms with Crippen LogP contribution in [0.1, 0.15) is 33.1 Å². The number of nitrogens with zero attached hydrogens (tertiary/aromatic N) is 3. The van der Waals surface area contributed by atoms with Gasteiger partial charge in [-0.3, -0.25) is 4.57 Å². The monoisotopic (exact) mass is 311 g/mol. The van der Waals surface area contributed by atoms with Crippen LogP contribution in [0.2, 0.25) is 0 Å². The second-order valence-electron chi connectivity index (χ2n) is 4.92. The maximum Gasteiger partial charge on any atom is 0.343 e. The van der Waals surface area contributed by atoms with Crippen LogP contribution in [0, 0.1) is 25.2 Å². The van der Waals surface area contributed by atoms with Crippen LogP contribution in [0.5, 0.6) is 0 Å². The van der Waals surface area contributed by atoms with Crippen LogP contribution in [0.4, 0.5) is 0 Å². The van der Waals surface area contributed by atoms with Crippen molar-refractivity contribution >= 4 is 5.97 Å². The molecule has 116 valence electrons. The quantitative estimate of drug-likeness (QED) is 0.688. The number of aromatic nitrogens is 2. The van der Waals surface area contributed by atoms with Crippen LogP contribution < -0.4 is 0 Å². The standard InChI is InChI=1S/C16H13N3O4/c1-10-7-12(18-23-10)9-21-16(20)14-11(2)22-15(13(14)8-17)19-5-3-4-6-19/h3-7H,9H2,1-2H3. The van der Waals surface area contributed by atoms with Crippen LogP contribution >= 0.6 is 0 Å². The molecule has 0 aliphatic carbocycles. The fourth-order valence-electron chi connectivity index (χ4n) is 2.23. The first-order chi connectivity index (χ1) is 11.1. The van der Waals surface area contributed by atoms with Crippen LogP contribution in [-0.2, 0) is 11.3 Å². The lowest BCUT2D eigenvalue weighted by atomic mass is 10.1. The first kappa shape index (κ1) is 14.7. The minimum atomic E-state index is -0.637. The molecule has 0 spiro atoms. The van der Waals surface area contributed by atoms with E-state index in [-0.39, 0.29) is 17.7 Å². The van der Waals surface area contributed by atoms with Gasteiger partial charge < -0.3 is 13.7 Å². The van der Waals surface area contributed by atoms with E-state index in [9.17, 15) is 10.1 Å². The van der Waals surface area contributed by atoms with Crippen LogP contribution in [0.15, 0.2) is 39.5 Å². The number of carbonyl (C=O) groups excluding carboxylic acids is 1. The maximum absolute atomic E-state index is 12.3. The third-order valence-corrected chi connectivity index (χ3v) is 3.25. The summed E-state index contributed by atoms with van der Waals surface area (Å²) in [6, 6.07) is 7.27. The highest BCUT2D eigenvalue weighted by Crippen LogP contribution is 2.26. The van der Waals surface area contributed by atoms with Gasteiger partial charge in [-0.1, -0.05) is 5.16 Å². The Morgan fingerprint density at radius 1 is 1.39 bits per heavy atom. The Morgan fingerprint density at radius 3 is 2.74 bits per heavy atom. The summed E-state index contributed by atoms with van der Waals surface area (Å²) in [6.07, 6.45) is 3.46. The van der Waals surface area contributed by atoms with Gasteiger partial charge in [0.1, 0.15) is 41.0 Å². The highest BCUT2D eigenvalue weighted by atomic mass is 16.5. The lowest BCUT2D eigenvalue weighted by Gasteiger charge is -2.01. The molecule has 3 rings (SSSR count). The van der Waals surface area contributed by atoms with Crippen LogP contribution in [0.3, 0.4) is 0 Å². The highest BCUT2D eigenvalue weighted by molar-refractivity contribution is 5.94. The highest BCUT2D eigenvalue weighted by Gasteiger charge is 2.25. The van der Waals surface area contributed by atoms with Gasteiger partial charge in [0.05, 0.1) is 0 Å². The van der Waals surface area contributed by atoms with Crippen molar-refractivity contribution in [3.8, 4) is 12.0 Å². The molecule has 3 heterocycles. The molecule has 7 nitrogen and oxygen atoms in total. The molecule has 0 saturated heterocycles. The van der Waals surface area contributed by atoms with Crippen molar-refractivity contribution in [1.29, 1.82) is 5.26 Å². The largest absolute Gasteiger partial charge is 0.455 e. The first-order valence-corrected chi connectivity index (χ1v) is 6.86. The molecule has 3 aromatic heterocycles. The SMILES string of the molecule is Cc1cc(COC(=O)c2c(C)oc(-n3cccc3)c2C#N)no1. The molecule has 0 amide bonds. The second-order valence-corrected chi connectivity index (χ2v) is 4.92. The average Bonchev–Trinajstić information content (AvgIpc) is 3.24. The predicted molar refractivity (Wildman–Crippen MR) is 77.8 cm³/mol. The number of carbonyl (C=O) groups is 1. The number of rotatable bonds is 4. The molecular weight excluding hydrogens is 298 g/mol. The zero-order chi connectivity index (χ0) is 16.4. The fourth-order valence-corrected chi connectivity index (χ4v) is 2.23. The van der Waals surface area contributed by atoms with Gasteiger partial charge in [-0.2, -0.15) is 5.26 Å². The fraction of sp³-hybridized carbons (Fsp3) is 0.188. The third-order valence-electron chi connectivity index (χ3n) is 3.25. The van der Waals surface area contributed by atoms with Crippen LogP contribution in [0.25, 0.3) is 5.88 Å². The average molecular weight is 311 g/mol. The van der Waals surface area contributed by atoms with E-state index in [1.165, 1.54) is 0 Å². The predicted octanol–water partition coefficient (Wildman–Crippen LogP) is 2.90. The van der Waals surface area contributed by atoms with Crippen molar-refractivity contribution in [3.63, 3.8) is 0 Å². The molecule has 0 radical (unpaired) electrons. The number of nitriles is 1. The molecule has 23 heavy (non-hydrogen) atoms. The van der Waals surface area contributed by atoms with Crippen molar-refractivity contribution in [1.82, 2.24) is 9.72 Å².